The van der Waals surface area contributed by atoms with Crippen LogP contribution in [0.4, 0.5) is 4.39 Å². The van der Waals surface area contributed by atoms with Crippen molar-refractivity contribution in [3.63, 3.8) is 0 Å². The Bertz CT molecular complexity index is 587. The maximum Gasteiger partial charge on any atom is 0.123 e. The third-order valence-corrected chi connectivity index (χ3v) is 3.79. The van der Waals surface area contributed by atoms with Crippen molar-refractivity contribution < 1.29 is 4.39 Å². The third kappa shape index (κ3) is 2.80. The van der Waals surface area contributed by atoms with Gasteiger partial charge in [-0.3, -0.25) is 4.68 Å². The van der Waals surface area contributed by atoms with Crippen LogP contribution in [-0.4, -0.2) is 9.78 Å². The average Bonchev–Trinajstić information content (AvgIpc) is 2.56. The van der Waals surface area contributed by atoms with Gasteiger partial charge < -0.3 is 5.73 Å². The van der Waals surface area contributed by atoms with Crippen LogP contribution in [0.2, 0.25) is 5.02 Å². The number of rotatable bonds is 3. The van der Waals surface area contributed by atoms with E-state index < -0.39 is 5.54 Å². The van der Waals surface area contributed by atoms with Crippen molar-refractivity contribution in [1.29, 1.82) is 0 Å². The van der Waals surface area contributed by atoms with Gasteiger partial charge in [0.1, 0.15) is 5.82 Å². The van der Waals surface area contributed by atoms with E-state index in [1.807, 2.05) is 20.9 Å². The molecular weight excluding hydrogens is 265 g/mol. The molecule has 0 radical (unpaired) electrons. The van der Waals surface area contributed by atoms with Crippen LogP contribution in [0.1, 0.15) is 23.9 Å². The lowest BCUT2D eigenvalue weighted by molar-refractivity contribution is 0.471. The van der Waals surface area contributed by atoms with Gasteiger partial charge in [0.15, 0.2) is 0 Å². The minimum absolute atomic E-state index is 0.269. The summed E-state index contributed by atoms with van der Waals surface area (Å²) in [6, 6.07) is 6.23. The maximum atomic E-state index is 13.0. The zero-order valence-corrected chi connectivity index (χ0v) is 12.0. The summed E-state index contributed by atoms with van der Waals surface area (Å²) in [7, 11) is 1.84. The van der Waals surface area contributed by atoms with Crippen LogP contribution in [0.15, 0.2) is 24.3 Å². The quantitative estimate of drug-likeness (QED) is 0.940. The molecule has 2 N–H and O–H groups in total. The summed E-state index contributed by atoms with van der Waals surface area (Å²) in [5.74, 6) is -0.269. The van der Waals surface area contributed by atoms with E-state index in [0.717, 1.165) is 17.0 Å². The number of benzene rings is 1. The number of aromatic nitrogens is 2. The first-order valence-electron chi connectivity index (χ1n) is 6.04. The van der Waals surface area contributed by atoms with Gasteiger partial charge in [-0.15, -0.1) is 0 Å². The van der Waals surface area contributed by atoms with Crippen molar-refractivity contribution in [2.45, 2.75) is 25.8 Å². The number of nitrogens with two attached hydrogens (primary N) is 1. The molecule has 0 saturated carbocycles. The van der Waals surface area contributed by atoms with Gasteiger partial charge in [0.25, 0.3) is 0 Å². The lowest BCUT2D eigenvalue weighted by atomic mass is 9.88. The van der Waals surface area contributed by atoms with Crippen molar-refractivity contribution in [1.82, 2.24) is 9.78 Å². The van der Waals surface area contributed by atoms with Gasteiger partial charge in [-0.1, -0.05) is 23.7 Å². The first kappa shape index (κ1) is 14.0. The maximum absolute atomic E-state index is 13.0. The molecule has 0 amide bonds. The van der Waals surface area contributed by atoms with Crippen LogP contribution in [0.25, 0.3) is 0 Å². The summed E-state index contributed by atoms with van der Waals surface area (Å²) in [6.07, 6.45) is 0.537. The number of nitrogens with zero attached hydrogens (tertiary/aromatic N) is 2. The Kier molecular flexibility index (Phi) is 3.65. The molecule has 0 fully saturated rings. The summed E-state index contributed by atoms with van der Waals surface area (Å²) >= 11 is 6.23. The number of halogens is 2. The molecule has 0 aliphatic heterocycles. The Labute approximate surface area is 117 Å². The fraction of sp³-hybridized carbons (Fsp3) is 0.357. The number of hydrogen-bond donors (Lipinski definition) is 1. The van der Waals surface area contributed by atoms with Gasteiger partial charge in [0.05, 0.1) is 16.4 Å². The zero-order chi connectivity index (χ0) is 14.2. The Morgan fingerprint density at radius 3 is 2.42 bits per heavy atom. The second-order valence-corrected chi connectivity index (χ2v) is 5.45. The molecule has 0 aliphatic rings. The van der Waals surface area contributed by atoms with Gasteiger partial charge in [-0.2, -0.15) is 5.10 Å². The first-order valence-corrected chi connectivity index (χ1v) is 6.42. The summed E-state index contributed by atoms with van der Waals surface area (Å²) in [6.45, 7) is 3.76. The van der Waals surface area contributed by atoms with E-state index in [4.69, 9.17) is 17.3 Å². The molecular formula is C14H17ClFN3. The summed E-state index contributed by atoms with van der Waals surface area (Å²) < 4.78 is 14.7. The van der Waals surface area contributed by atoms with E-state index in [-0.39, 0.29) is 5.82 Å². The van der Waals surface area contributed by atoms with Crippen molar-refractivity contribution in [2.24, 2.45) is 12.8 Å². The van der Waals surface area contributed by atoms with Crippen LogP contribution < -0.4 is 5.73 Å². The smallest absolute Gasteiger partial charge is 0.123 e. The highest BCUT2D eigenvalue weighted by Crippen LogP contribution is 2.28. The van der Waals surface area contributed by atoms with Crippen LogP contribution in [0.3, 0.4) is 0 Å². The Hall–Kier alpha value is -1.39. The van der Waals surface area contributed by atoms with E-state index in [2.05, 4.69) is 5.10 Å². The molecule has 1 unspecified atom stereocenters. The van der Waals surface area contributed by atoms with Gasteiger partial charge in [0.2, 0.25) is 0 Å². The van der Waals surface area contributed by atoms with Crippen molar-refractivity contribution in [2.75, 3.05) is 0 Å². The highest BCUT2D eigenvalue weighted by atomic mass is 35.5. The Morgan fingerprint density at radius 1 is 1.37 bits per heavy atom. The standard InChI is InChI=1S/C14H17ClFN3/c1-9-13(15)12(19(3)18-9)8-14(2,17)10-4-6-11(16)7-5-10/h4-7H,8,17H2,1-3H3. The molecule has 0 bridgehead atoms. The monoisotopic (exact) mass is 281 g/mol. The first-order chi connectivity index (χ1) is 8.81. The molecule has 0 aliphatic carbocycles. The summed E-state index contributed by atoms with van der Waals surface area (Å²) in [5.41, 5.74) is 8.25. The van der Waals surface area contributed by atoms with Gasteiger partial charge in [-0.05, 0) is 31.5 Å². The number of hydrogen-bond acceptors (Lipinski definition) is 2. The predicted molar refractivity (Wildman–Crippen MR) is 74.6 cm³/mol. The lowest BCUT2D eigenvalue weighted by Crippen LogP contribution is -2.36. The largest absolute Gasteiger partial charge is 0.321 e. The lowest BCUT2D eigenvalue weighted by Gasteiger charge is -2.25. The molecule has 1 aromatic carbocycles. The van der Waals surface area contributed by atoms with E-state index in [0.29, 0.717) is 11.4 Å². The SMILES string of the molecule is Cc1nn(C)c(CC(C)(N)c2ccc(F)cc2)c1Cl. The van der Waals surface area contributed by atoms with Crippen molar-refractivity contribution in [3.05, 3.63) is 52.1 Å². The molecule has 1 heterocycles. The fourth-order valence-electron chi connectivity index (χ4n) is 2.15. The van der Waals surface area contributed by atoms with E-state index >= 15 is 0 Å². The second kappa shape index (κ2) is 4.94. The normalized spacial score (nSPS) is 14.4. The molecule has 2 rings (SSSR count). The fourth-order valence-corrected chi connectivity index (χ4v) is 2.38. The summed E-state index contributed by atoms with van der Waals surface area (Å²) in [5, 5.41) is 4.91. The molecule has 102 valence electrons. The zero-order valence-electron chi connectivity index (χ0n) is 11.2. The van der Waals surface area contributed by atoms with Crippen molar-refractivity contribution in [3.8, 4) is 0 Å². The molecule has 1 atom stereocenters. The predicted octanol–water partition coefficient (Wildman–Crippen LogP) is 2.94. The Balaban J connectivity index is 2.33. The molecule has 5 heteroatoms. The highest BCUT2D eigenvalue weighted by Gasteiger charge is 2.25. The summed E-state index contributed by atoms with van der Waals surface area (Å²) in [4.78, 5) is 0. The van der Waals surface area contributed by atoms with Gasteiger partial charge >= 0.3 is 0 Å². The molecule has 1 aromatic heterocycles. The third-order valence-electron chi connectivity index (χ3n) is 3.30. The van der Waals surface area contributed by atoms with Gasteiger partial charge in [-0.25, -0.2) is 4.39 Å². The van der Waals surface area contributed by atoms with Gasteiger partial charge in [0, 0.05) is 19.0 Å². The van der Waals surface area contributed by atoms with Crippen LogP contribution in [0.5, 0.6) is 0 Å². The van der Waals surface area contributed by atoms with Crippen LogP contribution >= 0.6 is 11.6 Å². The minimum Gasteiger partial charge on any atom is -0.321 e. The topological polar surface area (TPSA) is 43.8 Å². The minimum atomic E-state index is -0.627. The van der Waals surface area contributed by atoms with Crippen molar-refractivity contribution >= 4 is 11.6 Å². The molecule has 0 saturated heterocycles. The molecule has 2 aromatic rings. The Morgan fingerprint density at radius 2 is 1.95 bits per heavy atom. The number of aryl methyl sites for hydroxylation is 2. The average molecular weight is 282 g/mol. The molecule has 3 nitrogen and oxygen atoms in total. The van der Waals surface area contributed by atoms with E-state index in [1.54, 1.807) is 16.8 Å². The van der Waals surface area contributed by atoms with E-state index in [1.165, 1.54) is 12.1 Å². The molecule has 0 spiro atoms. The van der Waals surface area contributed by atoms with Crippen LogP contribution in [0, 0.1) is 12.7 Å². The van der Waals surface area contributed by atoms with E-state index in [9.17, 15) is 4.39 Å². The second-order valence-electron chi connectivity index (χ2n) is 5.07. The highest BCUT2D eigenvalue weighted by molar-refractivity contribution is 6.31. The van der Waals surface area contributed by atoms with Crippen LogP contribution in [-0.2, 0) is 19.0 Å². The molecule has 19 heavy (non-hydrogen) atoms.